The van der Waals surface area contributed by atoms with E-state index in [1.807, 2.05) is 0 Å². The predicted molar refractivity (Wildman–Crippen MR) is 34.1 cm³/mol. The molecule has 1 heterocycles. The molecule has 0 aliphatic carbocycles. The molecule has 0 N–H and O–H groups in total. The highest BCUT2D eigenvalue weighted by atomic mass is 16.5. The Balaban J connectivity index is 2.21. The van der Waals surface area contributed by atoms with Crippen LogP contribution in [0, 0.1) is 0 Å². The maximum Gasteiger partial charge on any atom is 0.226 e. The van der Waals surface area contributed by atoms with E-state index in [4.69, 9.17) is 9.15 Å². The van der Waals surface area contributed by atoms with Crippen LogP contribution in [0.3, 0.4) is 0 Å². The zero-order valence-corrected chi connectivity index (χ0v) is 5.37. The number of ether oxygens (including phenoxy) is 1. The molecule has 0 saturated carbocycles. The second-order valence-corrected chi connectivity index (χ2v) is 1.72. The van der Waals surface area contributed by atoms with E-state index in [0.29, 0.717) is 6.61 Å². The minimum Gasteiger partial charge on any atom is -0.467 e. The summed E-state index contributed by atoms with van der Waals surface area (Å²) in [5, 5.41) is 0. The highest BCUT2D eigenvalue weighted by Gasteiger charge is 1.93. The summed E-state index contributed by atoms with van der Waals surface area (Å²) in [5.74, 6) is 0.718. The first kappa shape index (κ1) is 7.02. The fourth-order valence-electron chi connectivity index (χ4n) is 0.588. The van der Waals surface area contributed by atoms with Crippen LogP contribution in [-0.2, 0) is 16.1 Å². The van der Waals surface area contributed by atoms with Crippen LogP contribution in [0.5, 0.6) is 0 Å². The van der Waals surface area contributed by atoms with Crippen molar-refractivity contribution in [2.45, 2.75) is 6.61 Å². The van der Waals surface area contributed by atoms with E-state index >= 15 is 0 Å². The summed E-state index contributed by atoms with van der Waals surface area (Å²) < 4.78 is 9.74. The fraction of sp³-hybridized carbons (Fsp3) is 0.286. The molecule has 1 aromatic rings. The Morgan fingerprint density at radius 3 is 3.20 bits per heavy atom. The zero-order valence-electron chi connectivity index (χ0n) is 5.37. The number of rotatable bonds is 4. The Labute approximate surface area is 58.6 Å². The van der Waals surface area contributed by atoms with Crippen molar-refractivity contribution in [2.75, 3.05) is 6.61 Å². The maximum absolute atomic E-state index is 9.65. The summed E-state index contributed by atoms with van der Waals surface area (Å²) in [6, 6.07) is 3.55. The molecule has 0 amide bonds. The first-order valence-electron chi connectivity index (χ1n) is 2.88. The lowest BCUT2D eigenvalue weighted by Gasteiger charge is -1.92. The largest absolute Gasteiger partial charge is 0.467 e. The van der Waals surface area contributed by atoms with E-state index in [0.717, 1.165) is 5.76 Å². The van der Waals surface area contributed by atoms with Crippen molar-refractivity contribution in [3.05, 3.63) is 24.2 Å². The van der Waals surface area contributed by atoms with E-state index in [9.17, 15) is 4.79 Å². The highest BCUT2D eigenvalue weighted by Crippen LogP contribution is 2.00. The Morgan fingerprint density at radius 1 is 1.70 bits per heavy atom. The van der Waals surface area contributed by atoms with Crippen molar-refractivity contribution in [1.29, 1.82) is 0 Å². The van der Waals surface area contributed by atoms with Gasteiger partial charge in [-0.3, -0.25) is 4.79 Å². The molecule has 0 saturated heterocycles. The van der Waals surface area contributed by atoms with E-state index < -0.39 is 0 Å². The maximum atomic E-state index is 9.65. The van der Waals surface area contributed by atoms with Crippen LogP contribution in [0.15, 0.2) is 22.8 Å². The molecule has 1 rings (SSSR count). The van der Waals surface area contributed by atoms with Gasteiger partial charge in [0.15, 0.2) is 0 Å². The first-order chi connectivity index (χ1) is 4.93. The lowest BCUT2D eigenvalue weighted by molar-refractivity contribution is 0.138. The molecule has 0 fully saturated rings. The summed E-state index contributed by atoms with van der Waals surface area (Å²) in [6.07, 6.45) is 3.18. The normalized spacial score (nSPS) is 9.60. The lowest BCUT2D eigenvalue weighted by Crippen LogP contribution is -1.93. The van der Waals surface area contributed by atoms with Gasteiger partial charge in [0.2, 0.25) is 6.29 Å². The Kier molecular flexibility index (Phi) is 2.70. The number of hydrogen-bond donors (Lipinski definition) is 0. The third-order valence-corrected chi connectivity index (χ3v) is 0.985. The quantitative estimate of drug-likeness (QED) is 0.582. The predicted octanol–water partition coefficient (Wildman–Crippen LogP) is 0.906. The average Bonchev–Trinajstić information content (AvgIpc) is 2.41. The third-order valence-electron chi connectivity index (χ3n) is 0.985. The van der Waals surface area contributed by atoms with Crippen molar-refractivity contribution < 1.29 is 13.9 Å². The van der Waals surface area contributed by atoms with Gasteiger partial charge in [-0.1, -0.05) is 0 Å². The molecule has 0 atom stereocenters. The lowest BCUT2D eigenvalue weighted by atomic mass is 10.5. The molecule has 0 unspecified atom stereocenters. The van der Waals surface area contributed by atoms with Gasteiger partial charge < -0.3 is 9.15 Å². The zero-order chi connectivity index (χ0) is 7.23. The SMILES string of the molecule is O=[C]COCc1ccco1. The van der Waals surface area contributed by atoms with Crippen molar-refractivity contribution in [2.24, 2.45) is 0 Å². The van der Waals surface area contributed by atoms with Gasteiger partial charge >= 0.3 is 0 Å². The standard InChI is InChI=1S/C7H7O3/c8-3-5-9-6-7-2-1-4-10-7/h1-2,4H,5-6H2. The van der Waals surface area contributed by atoms with Crippen molar-refractivity contribution in [3.8, 4) is 0 Å². The average molecular weight is 139 g/mol. The van der Waals surface area contributed by atoms with Crippen LogP contribution >= 0.6 is 0 Å². The minimum atomic E-state index is 0.000694. The van der Waals surface area contributed by atoms with Gasteiger partial charge in [0.05, 0.1) is 6.26 Å². The second kappa shape index (κ2) is 3.85. The van der Waals surface area contributed by atoms with Gasteiger partial charge in [-0.05, 0) is 12.1 Å². The number of hydrogen-bond acceptors (Lipinski definition) is 3. The van der Waals surface area contributed by atoms with Gasteiger partial charge in [-0.25, -0.2) is 0 Å². The van der Waals surface area contributed by atoms with Gasteiger partial charge in [0.25, 0.3) is 0 Å². The number of furan rings is 1. The van der Waals surface area contributed by atoms with E-state index in [-0.39, 0.29) is 6.61 Å². The molecular formula is C7H7O3. The topological polar surface area (TPSA) is 39.4 Å². The molecule has 1 radical (unpaired) electrons. The van der Waals surface area contributed by atoms with Gasteiger partial charge in [-0.2, -0.15) is 0 Å². The summed E-state index contributed by atoms with van der Waals surface area (Å²) in [4.78, 5) is 9.65. The van der Waals surface area contributed by atoms with E-state index in [2.05, 4.69) is 0 Å². The van der Waals surface area contributed by atoms with Crippen molar-refractivity contribution in [3.63, 3.8) is 0 Å². The van der Waals surface area contributed by atoms with Crippen LogP contribution in [0.1, 0.15) is 5.76 Å². The van der Waals surface area contributed by atoms with Gasteiger partial charge in [-0.15, -0.1) is 0 Å². The molecule has 53 valence electrons. The molecule has 0 aliphatic rings. The molecule has 3 nitrogen and oxygen atoms in total. The summed E-state index contributed by atoms with van der Waals surface area (Å²) in [5.41, 5.74) is 0. The monoisotopic (exact) mass is 139 g/mol. The van der Waals surface area contributed by atoms with Gasteiger partial charge in [0, 0.05) is 0 Å². The molecule has 10 heavy (non-hydrogen) atoms. The second-order valence-electron chi connectivity index (χ2n) is 1.72. The van der Waals surface area contributed by atoms with Crippen LogP contribution in [0.25, 0.3) is 0 Å². The smallest absolute Gasteiger partial charge is 0.226 e. The summed E-state index contributed by atoms with van der Waals surface area (Å²) in [6.45, 7) is 0.336. The highest BCUT2D eigenvalue weighted by molar-refractivity contribution is 5.51. The van der Waals surface area contributed by atoms with E-state index in [1.54, 1.807) is 24.7 Å². The number of carbonyl (C=O) groups excluding carboxylic acids is 1. The Morgan fingerprint density at radius 2 is 2.60 bits per heavy atom. The van der Waals surface area contributed by atoms with Crippen LogP contribution in [-0.4, -0.2) is 12.9 Å². The third kappa shape index (κ3) is 2.03. The van der Waals surface area contributed by atoms with Gasteiger partial charge in [0.1, 0.15) is 19.0 Å². The van der Waals surface area contributed by atoms with Crippen LogP contribution < -0.4 is 0 Å². The molecule has 0 spiro atoms. The Hall–Kier alpha value is -1.09. The van der Waals surface area contributed by atoms with Crippen molar-refractivity contribution in [1.82, 2.24) is 0 Å². The summed E-state index contributed by atoms with van der Waals surface area (Å²) in [7, 11) is 0. The van der Waals surface area contributed by atoms with Crippen molar-refractivity contribution >= 4 is 6.29 Å². The first-order valence-corrected chi connectivity index (χ1v) is 2.88. The molecule has 0 bridgehead atoms. The molecule has 0 aliphatic heterocycles. The molecule has 0 aromatic carbocycles. The van der Waals surface area contributed by atoms with Crippen LogP contribution in [0.4, 0.5) is 0 Å². The Bertz CT molecular complexity index is 179. The molecule has 3 heteroatoms. The minimum absolute atomic E-state index is 0.000694. The fourth-order valence-corrected chi connectivity index (χ4v) is 0.588. The van der Waals surface area contributed by atoms with Crippen LogP contribution in [0.2, 0.25) is 0 Å². The molecular weight excluding hydrogens is 132 g/mol. The van der Waals surface area contributed by atoms with E-state index in [1.165, 1.54) is 0 Å². The molecule has 1 aromatic heterocycles. The summed E-state index contributed by atoms with van der Waals surface area (Å²) >= 11 is 0.